The third kappa shape index (κ3) is 21.4. The fraction of sp³-hybridized carbons (Fsp3) is 0.359. The van der Waals surface area contributed by atoms with Crippen molar-refractivity contribution in [2.75, 3.05) is 82.8 Å². The number of hydrogen-bond acceptors (Lipinski definition) is 26. The number of rotatable bonds is 15. The van der Waals surface area contributed by atoms with Gasteiger partial charge in [0, 0.05) is 166 Å². The summed E-state index contributed by atoms with van der Waals surface area (Å²) in [5, 5.41) is 1.21. The van der Waals surface area contributed by atoms with Crippen molar-refractivity contribution in [1.29, 1.82) is 0 Å². The Balaban J connectivity index is 0.000000123. The Labute approximate surface area is 804 Å². The molecule has 8 N–H and O–H groups in total. The van der Waals surface area contributed by atoms with Crippen molar-refractivity contribution in [1.82, 2.24) is 96.8 Å². The number of carbonyl (C=O) groups is 4. The smallest absolute Gasteiger partial charge is 0.222 e. The van der Waals surface area contributed by atoms with E-state index >= 15 is 0 Å². The number of aromatic nitrogens is 20. The Hall–Kier alpha value is -13.1. The van der Waals surface area contributed by atoms with E-state index in [2.05, 4.69) is 110 Å². The van der Waals surface area contributed by atoms with Gasteiger partial charge in [-0.2, -0.15) is 0 Å². The van der Waals surface area contributed by atoms with Crippen molar-refractivity contribution in [3.8, 4) is 57.6 Å². The summed E-state index contributed by atoms with van der Waals surface area (Å²) >= 11 is 30.0. The van der Waals surface area contributed by atoms with Crippen molar-refractivity contribution >= 4 is 149 Å². The van der Waals surface area contributed by atoms with Crippen LogP contribution in [0.4, 0.5) is 42.3 Å². The summed E-state index contributed by atoms with van der Waals surface area (Å²) in [6, 6.07) is 20.2. The zero-order valence-corrected chi connectivity index (χ0v) is 79.8. The molecule has 708 valence electrons. The highest BCUT2D eigenvalue weighted by molar-refractivity contribution is 7.92. The highest BCUT2D eigenvalue weighted by Crippen LogP contribution is 2.38. The van der Waals surface area contributed by atoms with Crippen molar-refractivity contribution in [3.63, 3.8) is 0 Å². The molecule has 20 rings (SSSR count). The van der Waals surface area contributed by atoms with E-state index in [1.165, 1.54) is 36.8 Å². The molecule has 11 atom stereocenters. The van der Waals surface area contributed by atoms with E-state index in [9.17, 15) is 36.6 Å². The van der Waals surface area contributed by atoms with Crippen LogP contribution in [0.2, 0.25) is 25.1 Å². The van der Waals surface area contributed by atoms with Crippen LogP contribution in [0.5, 0.6) is 0 Å². The molecule has 15 aromatic rings. The molecular weight excluding hydrogens is 1870 g/mol. The van der Waals surface area contributed by atoms with Crippen LogP contribution in [0.25, 0.3) is 85.8 Å². The quantitative estimate of drug-likeness (QED) is 0.0740. The van der Waals surface area contributed by atoms with Crippen molar-refractivity contribution in [2.24, 2.45) is 68.7 Å². The number of fused-ring (bicyclic) bond motifs is 5. The van der Waals surface area contributed by atoms with Gasteiger partial charge in [-0.3, -0.25) is 45.4 Å². The molecule has 4 amide bonds. The first-order valence-electron chi connectivity index (χ1n) is 44.1. The monoisotopic (exact) mass is 1970 g/mol. The molecule has 15 aromatic heterocycles. The number of nitrogens with two attached hydrogens (primary N) is 4. The minimum atomic E-state index is -2.14. The summed E-state index contributed by atoms with van der Waals surface area (Å²) in [6.45, 7) is 17.6. The normalized spacial score (nSPS) is 20.8. The molecule has 35 nitrogen and oxygen atoms in total. The van der Waals surface area contributed by atoms with E-state index in [0.717, 1.165) is 118 Å². The first-order valence-corrected chi connectivity index (χ1v) is 48.3. The van der Waals surface area contributed by atoms with Gasteiger partial charge in [0.1, 0.15) is 103 Å². The Morgan fingerprint density at radius 2 is 0.669 bits per heavy atom. The second-order valence-electron chi connectivity index (χ2n) is 35.1. The third-order valence-corrected chi connectivity index (χ3v) is 27.0. The number of pyridine rings is 5. The standard InChI is InChI=1S/C19H20ClFN6O.2C19H21ClN6O.C18H20ClFN6OS.C17H16ClFN6O/c1-10-5-12(18(22)28)11(2)26(8-10)16-3-4-23-19(25-16)15-7-24-17-6-14(21)13(20)9-27(15)17;2*1-11-7-14(18(21)27)12(2)25(9-11)17-5-6-22-19(24-17)15-8-23-16-4-3-13(20)10-26(15)16;1-28(2,27)24-12-4-3-7-25(10-12)16-5-6-21-18(23-16)15-9-22-17-8-14(20)13(19)11-26(15)17;18-11-9-25-13(7-22-15(25)6-12(11)19)17-21-4-3-14(23-17)24-5-1-2-10(8-24)16(20)26/h3-4,6-7,9-12H,5,8H2,1-2H3,(H2,22,28);2*3-6,8,10-12,14H,7,9H2,1-2H3,(H2,21,27);5-6,8-9,11-12H,3-4,7,10H2,1-2H3;3-4,6-7,9-10H,1-2,5,8H2,(H2,20,26)/t;;;;10-/m....0/s1. The summed E-state index contributed by atoms with van der Waals surface area (Å²) in [7, 11) is -2.14. The lowest BCUT2D eigenvalue weighted by atomic mass is 9.84. The highest BCUT2D eigenvalue weighted by atomic mass is 35.5. The summed E-state index contributed by atoms with van der Waals surface area (Å²) < 4.78 is 66.2. The lowest BCUT2D eigenvalue weighted by Gasteiger charge is -2.41. The Morgan fingerprint density at radius 1 is 0.375 bits per heavy atom. The molecule has 20 heterocycles. The molecule has 44 heteroatoms. The van der Waals surface area contributed by atoms with Crippen molar-refractivity contribution in [3.05, 3.63) is 208 Å². The lowest BCUT2D eigenvalue weighted by Crippen LogP contribution is -2.51. The van der Waals surface area contributed by atoms with Gasteiger partial charge in [0.25, 0.3) is 0 Å². The SMILES string of the molecule is CC1CC(C(N)=O)C(C)N(c2ccnc(-c3cnc4cc(F)c(Cl)cn34)n2)C1.CC1CC(C(N)=O)C(C)N(c2ccnc(-c3cnc4ccc(Cl)cn34)n2)C1.CC1CC(C(N)=O)C(C)N(c2ccnc(-c3cnc4ccc(Cl)cn34)n2)C1.CS(C)(=O)=NC1CCCN(c2ccnc(-c3cnc4cc(F)c(Cl)cn34)n2)C1.NC(=O)[C@H]1CCCN(c2ccnc(-c3cnc4cc(F)c(Cl)cn34)n2)C1. The number of imidazole rings is 5. The molecule has 5 fully saturated rings. The van der Waals surface area contributed by atoms with Crippen LogP contribution in [-0.4, -0.2) is 207 Å². The topological polar surface area (TPSA) is 433 Å². The van der Waals surface area contributed by atoms with E-state index in [0.29, 0.717) is 116 Å². The number of primary amides is 4. The highest BCUT2D eigenvalue weighted by Gasteiger charge is 2.40. The predicted molar refractivity (Wildman–Crippen MR) is 518 cm³/mol. The fourth-order valence-electron chi connectivity index (χ4n) is 18.1. The number of anilines is 5. The number of halogens is 8. The Bertz CT molecular complexity index is 6970. The van der Waals surface area contributed by atoms with E-state index in [1.54, 1.807) is 118 Å². The molecule has 5 aliphatic rings. The van der Waals surface area contributed by atoms with Crippen LogP contribution in [0.15, 0.2) is 170 Å². The van der Waals surface area contributed by atoms with Crippen LogP contribution in [0, 0.1) is 58.9 Å². The minimum Gasteiger partial charge on any atom is -0.369 e. The maximum atomic E-state index is 13.7. The van der Waals surface area contributed by atoms with Crippen LogP contribution in [0.1, 0.15) is 86.5 Å². The molecule has 136 heavy (non-hydrogen) atoms. The van der Waals surface area contributed by atoms with Gasteiger partial charge in [-0.1, -0.05) is 78.8 Å². The molecule has 0 aromatic carbocycles. The molecule has 10 unspecified atom stereocenters. The lowest BCUT2D eigenvalue weighted by molar-refractivity contribution is -0.124. The predicted octanol–water partition coefficient (Wildman–Crippen LogP) is 14.0. The molecule has 0 radical (unpaired) electrons. The molecule has 0 saturated carbocycles. The van der Waals surface area contributed by atoms with Gasteiger partial charge in [0.15, 0.2) is 29.1 Å². The van der Waals surface area contributed by atoms with E-state index < -0.39 is 27.2 Å². The van der Waals surface area contributed by atoms with Gasteiger partial charge in [-0.05, 0) is 138 Å². The van der Waals surface area contributed by atoms with E-state index in [-0.39, 0.29) is 86.5 Å². The molecule has 5 aliphatic heterocycles. The Kier molecular flexibility index (Phi) is 28.8. The largest absolute Gasteiger partial charge is 0.369 e. The molecule has 5 saturated heterocycles. The summed E-state index contributed by atoms with van der Waals surface area (Å²) in [5.41, 5.74) is 28.5. The molecule has 0 aliphatic carbocycles. The summed E-state index contributed by atoms with van der Waals surface area (Å²) in [6.07, 6.45) is 33.9. The van der Waals surface area contributed by atoms with Crippen LogP contribution in [0.3, 0.4) is 0 Å². The number of nitrogens with zero attached hydrogens (tertiary/aromatic N) is 26. The zero-order chi connectivity index (χ0) is 96.4. The summed E-state index contributed by atoms with van der Waals surface area (Å²) in [5.74, 6) is 3.75. The Morgan fingerprint density at radius 3 is 0.985 bits per heavy atom. The second-order valence-corrected chi connectivity index (χ2v) is 39.8. The van der Waals surface area contributed by atoms with Gasteiger partial charge in [0.05, 0.1) is 85.8 Å². The zero-order valence-electron chi connectivity index (χ0n) is 75.2. The maximum absolute atomic E-state index is 13.7. The fourth-order valence-corrected chi connectivity index (χ4v) is 19.8. The average molecular weight is 1970 g/mol. The van der Waals surface area contributed by atoms with Gasteiger partial charge in [0.2, 0.25) is 23.6 Å². The molecule has 0 spiro atoms. The van der Waals surface area contributed by atoms with Crippen LogP contribution < -0.4 is 47.4 Å². The van der Waals surface area contributed by atoms with Gasteiger partial charge in [-0.15, -0.1) is 0 Å². The number of piperidine rings is 5. The second kappa shape index (κ2) is 40.8. The first kappa shape index (κ1) is 96.1. The maximum Gasteiger partial charge on any atom is 0.222 e. The third-order valence-electron chi connectivity index (χ3n) is 24.9. The molecular formula is C92H98Cl5F3N30O5S. The van der Waals surface area contributed by atoms with Gasteiger partial charge in [-0.25, -0.2) is 92.3 Å². The number of amides is 4. The van der Waals surface area contributed by atoms with E-state index in [4.69, 9.17) is 90.9 Å². The van der Waals surface area contributed by atoms with Gasteiger partial charge >= 0.3 is 0 Å². The van der Waals surface area contributed by atoms with Crippen molar-refractivity contribution < 1.29 is 36.6 Å². The average Bonchev–Trinajstić information content (AvgIpc) is 1.43. The first-order chi connectivity index (χ1) is 65.0. The number of hydrogen-bond donors (Lipinski definition) is 4. The number of carbonyl (C=O) groups excluding carboxylic acids is 4. The van der Waals surface area contributed by atoms with Gasteiger partial charge < -0.3 is 47.4 Å². The minimum absolute atomic E-state index is 0.00566. The van der Waals surface area contributed by atoms with Crippen LogP contribution >= 0.6 is 58.0 Å². The summed E-state index contributed by atoms with van der Waals surface area (Å²) in [4.78, 5) is 124. The van der Waals surface area contributed by atoms with Crippen molar-refractivity contribution in [2.45, 2.75) is 111 Å². The van der Waals surface area contributed by atoms with Crippen LogP contribution in [-0.2, 0) is 28.9 Å². The molecule has 0 bridgehead atoms. The van der Waals surface area contributed by atoms with E-state index in [1.807, 2.05) is 70.9 Å².